The van der Waals surface area contributed by atoms with E-state index in [1.165, 1.54) is 0 Å². The van der Waals surface area contributed by atoms with Crippen LogP contribution in [0.15, 0.2) is 0 Å². The molecule has 0 aliphatic carbocycles. The zero-order valence-corrected chi connectivity index (χ0v) is 12.6. The Bertz CT molecular complexity index is 289. The fourth-order valence-electron chi connectivity index (χ4n) is 2.12. The van der Waals surface area contributed by atoms with Crippen LogP contribution in [-0.2, 0) is 14.7 Å². The zero-order chi connectivity index (χ0) is 12.7. The molecule has 1 aliphatic heterocycles. The largest absolute Gasteiger partial charge is 0.459 e. The predicted molar refractivity (Wildman–Crippen MR) is 68.7 cm³/mol. The third-order valence-electron chi connectivity index (χ3n) is 3.13. The van der Waals surface area contributed by atoms with Crippen LogP contribution >= 0.6 is 22.6 Å². The second kappa shape index (κ2) is 4.42. The molecule has 1 fully saturated rings. The molecule has 5 heteroatoms. The van der Waals surface area contributed by atoms with E-state index in [0.29, 0.717) is 6.42 Å². The van der Waals surface area contributed by atoms with Crippen LogP contribution in [0.25, 0.3) is 0 Å². The second-order valence-electron chi connectivity index (χ2n) is 5.51. The number of carbonyl (C=O) groups excluding carboxylic acids is 1. The van der Waals surface area contributed by atoms with Gasteiger partial charge in [-0.05, 0) is 34.6 Å². The van der Waals surface area contributed by atoms with Crippen molar-refractivity contribution in [2.45, 2.75) is 62.1 Å². The zero-order valence-electron chi connectivity index (χ0n) is 10.4. The van der Waals surface area contributed by atoms with Gasteiger partial charge in [-0.2, -0.15) is 0 Å². The van der Waals surface area contributed by atoms with Gasteiger partial charge in [0.2, 0.25) is 0 Å². The smallest absolute Gasteiger partial charge is 0.318 e. The van der Waals surface area contributed by atoms with Crippen LogP contribution in [0.4, 0.5) is 0 Å². The number of rotatable bonds is 2. The Kier molecular flexibility index (Phi) is 3.92. The molecule has 0 aromatic rings. The number of hydrogen-bond acceptors (Lipinski definition) is 3. The maximum absolute atomic E-state index is 12.0. The molecule has 16 heavy (non-hydrogen) atoms. The molecule has 2 unspecified atom stereocenters. The number of halogens is 1. The first-order chi connectivity index (χ1) is 7.09. The summed E-state index contributed by atoms with van der Waals surface area (Å²) in [7, 11) is 0. The van der Waals surface area contributed by atoms with Crippen LogP contribution in [0.1, 0.15) is 41.0 Å². The summed E-state index contributed by atoms with van der Waals surface area (Å²) in [6.07, 6.45) is 0.253. The molecule has 0 aromatic carbocycles. The highest BCUT2D eigenvalue weighted by Crippen LogP contribution is 2.41. The number of alkyl halides is 1. The van der Waals surface area contributed by atoms with Crippen molar-refractivity contribution < 1.29 is 14.7 Å². The molecule has 0 spiro atoms. The highest BCUT2D eigenvalue weighted by atomic mass is 127. The van der Waals surface area contributed by atoms with Crippen LogP contribution in [0.3, 0.4) is 0 Å². The third-order valence-corrected chi connectivity index (χ3v) is 3.64. The van der Waals surface area contributed by atoms with Gasteiger partial charge in [0.05, 0.1) is 5.54 Å². The lowest BCUT2D eigenvalue weighted by atomic mass is 9.97. The summed E-state index contributed by atoms with van der Waals surface area (Å²) < 4.78 is 5.22. The lowest BCUT2D eigenvalue weighted by molar-refractivity contribution is -0.252. The van der Waals surface area contributed by atoms with Crippen molar-refractivity contribution in [2.75, 3.05) is 0 Å². The number of carbonyl (C=O) groups is 1. The molecule has 0 aromatic heterocycles. The van der Waals surface area contributed by atoms with Crippen molar-refractivity contribution in [1.82, 2.24) is 5.06 Å². The van der Waals surface area contributed by atoms with Crippen LogP contribution in [0.5, 0.6) is 0 Å². The molecular formula is C11H19INO3. The van der Waals surface area contributed by atoms with Gasteiger partial charge in [-0.3, -0.25) is 4.79 Å². The van der Waals surface area contributed by atoms with Crippen molar-refractivity contribution in [3.05, 3.63) is 0 Å². The van der Waals surface area contributed by atoms with Gasteiger partial charge >= 0.3 is 5.97 Å². The van der Waals surface area contributed by atoms with Crippen LogP contribution < -0.4 is 0 Å². The van der Waals surface area contributed by atoms with E-state index in [2.05, 4.69) is 0 Å². The Labute approximate surface area is 110 Å². The maximum atomic E-state index is 12.0. The van der Waals surface area contributed by atoms with E-state index in [4.69, 9.17) is 4.74 Å². The van der Waals surface area contributed by atoms with E-state index >= 15 is 0 Å². The van der Waals surface area contributed by atoms with Gasteiger partial charge in [0.1, 0.15) is 10.0 Å². The van der Waals surface area contributed by atoms with E-state index < -0.39 is 11.1 Å². The van der Waals surface area contributed by atoms with Gasteiger partial charge in [-0.25, -0.2) is 0 Å². The lowest BCUT2D eigenvalue weighted by Crippen LogP contribution is -2.48. The number of hydrogen-bond donors (Lipinski definition) is 0. The van der Waals surface area contributed by atoms with Crippen molar-refractivity contribution in [3.8, 4) is 0 Å². The van der Waals surface area contributed by atoms with E-state index in [1.807, 2.05) is 50.3 Å². The fraction of sp³-hybridized carbons (Fsp3) is 0.909. The molecule has 93 valence electrons. The number of nitrogens with zero attached hydrogens (tertiary/aromatic N) is 1. The first kappa shape index (κ1) is 14.2. The number of ether oxygens (including phenoxy) is 1. The highest BCUT2D eigenvalue weighted by molar-refractivity contribution is 14.1. The molecule has 2 atom stereocenters. The average Bonchev–Trinajstić information content (AvgIpc) is 2.27. The quantitative estimate of drug-likeness (QED) is 0.440. The normalized spacial score (nSPS) is 30.1. The van der Waals surface area contributed by atoms with Crippen molar-refractivity contribution in [2.24, 2.45) is 0 Å². The molecule has 1 radical (unpaired) electrons. The van der Waals surface area contributed by atoms with Gasteiger partial charge in [0.25, 0.3) is 0 Å². The topological polar surface area (TPSA) is 49.4 Å². The van der Waals surface area contributed by atoms with Gasteiger partial charge in [-0.1, -0.05) is 22.6 Å². The Morgan fingerprint density at radius 3 is 2.25 bits per heavy atom. The average molecular weight is 340 g/mol. The third kappa shape index (κ3) is 2.51. The van der Waals surface area contributed by atoms with Gasteiger partial charge in [-0.15, -0.1) is 10.3 Å². The fourth-order valence-corrected chi connectivity index (χ4v) is 2.26. The van der Waals surface area contributed by atoms with Gasteiger partial charge < -0.3 is 4.74 Å². The minimum absolute atomic E-state index is 0.183. The van der Waals surface area contributed by atoms with E-state index in [-0.39, 0.29) is 16.0 Å². The van der Waals surface area contributed by atoms with Crippen LogP contribution in [0, 0.1) is 0 Å². The summed E-state index contributed by atoms with van der Waals surface area (Å²) >= 11 is 2.01. The van der Waals surface area contributed by atoms with Crippen molar-refractivity contribution in [3.63, 3.8) is 0 Å². The SMILES string of the molecule is CC(I)C(=O)OC1CC(C)(C)N([O])C1(C)C. The molecular weight excluding hydrogens is 321 g/mol. The summed E-state index contributed by atoms with van der Waals surface area (Å²) in [5.74, 6) is -0.246. The first-order valence-corrected chi connectivity index (χ1v) is 6.65. The minimum atomic E-state index is -0.648. The second-order valence-corrected chi connectivity index (χ2v) is 7.37. The molecule has 0 saturated carbocycles. The van der Waals surface area contributed by atoms with E-state index in [0.717, 1.165) is 5.06 Å². The summed E-state index contributed by atoms with van der Waals surface area (Å²) in [4.78, 5) is 11.6. The summed E-state index contributed by atoms with van der Waals surface area (Å²) in [5.41, 5.74) is -1.12. The molecule has 1 aliphatic rings. The van der Waals surface area contributed by atoms with Gasteiger partial charge in [0, 0.05) is 12.0 Å². The molecule has 0 bridgehead atoms. The summed E-state index contributed by atoms with van der Waals surface area (Å²) in [5, 5.41) is 13.1. The van der Waals surface area contributed by atoms with Crippen molar-refractivity contribution in [1.29, 1.82) is 0 Å². The van der Waals surface area contributed by atoms with Crippen molar-refractivity contribution >= 4 is 28.6 Å². The first-order valence-electron chi connectivity index (χ1n) is 5.41. The molecule has 0 N–H and O–H groups in total. The van der Waals surface area contributed by atoms with Gasteiger partial charge in [0.15, 0.2) is 0 Å². The highest BCUT2D eigenvalue weighted by Gasteiger charge is 2.54. The lowest BCUT2D eigenvalue weighted by Gasteiger charge is -2.33. The predicted octanol–water partition coefficient (Wildman–Crippen LogP) is 2.33. The molecule has 0 amide bonds. The number of hydroxylamine groups is 2. The Morgan fingerprint density at radius 1 is 1.44 bits per heavy atom. The maximum Gasteiger partial charge on any atom is 0.318 e. The number of esters is 1. The Balaban J connectivity index is 2.80. The minimum Gasteiger partial charge on any atom is -0.459 e. The standard InChI is InChI=1S/C11H19INO3/c1-7(12)9(14)16-8-6-10(2,3)13(15)11(8,4)5/h7-8H,6H2,1-5H3. The Hall–Kier alpha value is 0.120. The Morgan fingerprint density at radius 2 is 1.94 bits per heavy atom. The molecule has 4 nitrogen and oxygen atoms in total. The molecule has 1 saturated heterocycles. The molecule has 1 rings (SSSR count). The monoisotopic (exact) mass is 340 g/mol. The van der Waals surface area contributed by atoms with Crippen LogP contribution in [-0.4, -0.2) is 32.1 Å². The van der Waals surface area contributed by atoms with Crippen LogP contribution in [0.2, 0.25) is 0 Å². The summed E-state index contributed by atoms with van der Waals surface area (Å²) in [6.45, 7) is 9.19. The van der Waals surface area contributed by atoms with E-state index in [9.17, 15) is 10.0 Å². The summed E-state index contributed by atoms with van der Waals surface area (Å²) in [6, 6.07) is 0. The molecule has 1 heterocycles. The van der Waals surface area contributed by atoms with E-state index in [1.54, 1.807) is 6.92 Å².